The molecule has 2 aromatic heterocycles. The van der Waals surface area contributed by atoms with Gasteiger partial charge in [-0.3, -0.25) is 4.79 Å². The van der Waals surface area contributed by atoms with Gasteiger partial charge < -0.3 is 10.3 Å². The van der Waals surface area contributed by atoms with Crippen LogP contribution in [0.15, 0.2) is 28.6 Å². The third-order valence-corrected chi connectivity index (χ3v) is 3.03. The Bertz CT molecular complexity index is 558. The van der Waals surface area contributed by atoms with E-state index in [-0.39, 0.29) is 11.2 Å². The minimum atomic E-state index is -0.120. The summed E-state index contributed by atoms with van der Waals surface area (Å²) in [5.74, 6) is 0.406. The summed E-state index contributed by atoms with van der Waals surface area (Å²) in [6, 6.07) is 1.71. The predicted molar refractivity (Wildman–Crippen MR) is 71.1 cm³/mol. The van der Waals surface area contributed by atoms with E-state index < -0.39 is 0 Å². The third-order valence-electron chi connectivity index (χ3n) is 2.44. The van der Waals surface area contributed by atoms with E-state index in [2.05, 4.69) is 18.2 Å². The normalized spacial score (nSPS) is 11.0. The fraction of sp³-hybridized carbons (Fsp3) is 0.333. The molecule has 0 spiro atoms. The van der Waals surface area contributed by atoms with Crippen molar-refractivity contribution >= 4 is 17.2 Å². The number of hydrogen-bond acceptors (Lipinski definition) is 4. The lowest BCUT2D eigenvalue weighted by Crippen LogP contribution is -2.24. The Morgan fingerprint density at radius 1 is 1.47 bits per heavy atom. The highest BCUT2D eigenvalue weighted by Crippen LogP contribution is 2.20. The molecule has 90 valence electrons. The zero-order valence-corrected chi connectivity index (χ0v) is 10.7. The highest BCUT2D eigenvalue weighted by Gasteiger charge is 2.07. The van der Waals surface area contributed by atoms with Crippen LogP contribution < -0.4 is 11.3 Å². The van der Waals surface area contributed by atoms with E-state index >= 15 is 0 Å². The van der Waals surface area contributed by atoms with Crippen molar-refractivity contribution in [2.24, 2.45) is 5.92 Å². The predicted octanol–water partition coefficient (Wildman–Crippen LogP) is 2.21. The van der Waals surface area contributed by atoms with Gasteiger partial charge in [0.05, 0.1) is 5.69 Å². The highest BCUT2D eigenvalue weighted by atomic mass is 32.1. The van der Waals surface area contributed by atoms with Crippen molar-refractivity contribution in [1.82, 2.24) is 8.94 Å². The van der Waals surface area contributed by atoms with Crippen LogP contribution in [0.5, 0.6) is 0 Å². The molecule has 4 nitrogen and oxygen atoms in total. The first-order valence-electron chi connectivity index (χ1n) is 5.47. The van der Waals surface area contributed by atoms with Crippen LogP contribution in [0.1, 0.15) is 13.8 Å². The molecule has 2 N–H and O–H groups in total. The summed E-state index contributed by atoms with van der Waals surface area (Å²) in [5, 5.41) is 1.94. The second-order valence-corrected chi connectivity index (χ2v) is 5.11. The minimum Gasteiger partial charge on any atom is -0.394 e. The quantitative estimate of drug-likeness (QED) is 0.907. The molecule has 0 amide bonds. The number of anilines is 1. The summed E-state index contributed by atoms with van der Waals surface area (Å²) in [6.07, 6.45) is 3.63. The van der Waals surface area contributed by atoms with Crippen molar-refractivity contribution in [1.29, 1.82) is 0 Å². The number of aromatic nitrogens is 2. The fourth-order valence-corrected chi connectivity index (χ4v) is 2.24. The Morgan fingerprint density at radius 2 is 2.24 bits per heavy atom. The van der Waals surface area contributed by atoms with Crippen molar-refractivity contribution in [3.8, 4) is 11.1 Å². The second-order valence-electron chi connectivity index (χ2n) is 4.45. The van der Waals surface area contributed by atoms with Crippen LogP contribution in [0.2, 0.25) is 0 Å². The molecule has 5 heteroatoms. The average Bonchev–Trinajstić information content (AvgIpc) is 2.77. The van der Waals surface area contributed by atoms with Gasteiger partial charge in [0, 0.05) is 35.4 Å². The molecule has 0 radical (unpaired) electrons. The molecule has 0 aromatic carbocycles. The maximum Gasteiger partial charge on any atom is 0.273 e. The molecule has 17 heavy (non-hydrogen) atoms. The van der Waals surface area contributed by atoms with Crippen LogP contribution in [0.25, 0.3) is 11.1 Å². The van der Waals surface area contributed by atoms with E-state index in [1.165, 1.54) is 11.5 Å². The zero-order valence-electron chi connectivity index (χ0n) is 9.88. The molecule has 0 aliphatic heterocycles. The first kappa shape index (κ1) is 11.9. The van der Waals surface area contributed by atoms with Crippen LogP contribution in [-0.2, 0) is 6.54 Å². The number of rotatable bonds is 3. The van der Waals surface area contributed by atoms with Crippen molar-refractivity contribution in [3.63, 3.8) is 0 Å². The van der Waals surface area contributed by atoms with Crippen LogP contribution in [0.4, 0.5) is 5.69 Å². The summed E-state index contributed by atoms with van der Waals surface area (Å²) in [5.41, 5.74) is 7.86. The van der Waals surface area contributed by atoms with Gasteiger partial charge in [-0.1, -0.05) is 13.8 Å². The summed E-state index contributed by atoms with van der Waals surface area (Å²) >= 11 is 1.39. The molecule has 2 aromatic rings. The topological polar surface area (TPSA) is 60.9 Å². The number of hydrogen-bond donors (Lipinski definition) is 1. The third kappa shape index (κ3) is 2.55. The molecular weight excluding hydrogens is 234 g/mol. The number of nitrogens with two attached hydrogens (primary N) is 1. The molecule has 0 bridgehead atoms. The van der Waals surface area contributed by atoms with Crippen molar-refractivity contribution < 1.29 is 0 Å². The molecular formula is C12H15N3OS. The van der Waals surface area contributed by atoms with E-state index in [0.29, 0.717) is 12.5 Å². The maximum absolute atomic E-state index is 11.9. The van der Waals surface area contributed by atoms with E-state index in [4.69, 9.17) is 5.73 Å². The molecule has 0 atom stereocenters. The van der Waals surface area contributed by atoms with Crippen LogP contribution in [0, 0.1) is 5.92 Å². The summed E-state index contributed by atoms with van der Waals surface area (Å²) < 4.78 is 5.73. The Balaban J connectivity index is 2.50. The Hall–Kier alpha value is -1.62. The smallest absolute Gasteiger partial charge is 0.273 e. The molecule has 0 aliphatic carbocycles. The largest absolute Gasteiger partial charge is 0.394 e. The van der Waals surface area contributed by atoms with E-state index in [1.54, 1.807) is 16.8 Å². The van der Waals surface area contributed by atoms with Gasteiger partial charge in [-0.05, 0) is 23.5 Å². The van der Waals surface area contributed by atoms with Gasteiger partial charge >= 0.3 is 0 Å². The van der Waals surface area contributed by atoms with Crippen molar-refractivity contribution in [3.05, 3.63) is 34.2 Å². The van der Waals surface area contributed by atoms with Gasteiger partial charge in [0.15, 0.2) is 0 Å². The summed E-state index contributed by atoms with van der Waals surface area (Å²) in [6.45, 7) is 4.82. The monoisotopic (exact) mass is 249 g/mol. The highest BCUT2D eigenvalue weighted by molar-refractivity contribution is 7.03. The van der Waals surface area contributed by atoms with Crippen LogP contribution in [-0.4, -0.2) is 8.94 Å². The number of nitrogens with zero attached hydrogens (tertiary/aromatic N) is 2. The Kier molecular flexibility index (Phi) is 3.28. The van der Waals surface area contributed by atoms with Gasteiger partial charge in [-0.2, -0.15) is 0 Å². The second kappa shape index (κ2) is 4.71. The molecule has 2 rings (SSSR count). The first-order valence-corrected chi connectivity index (χ1v) is 6.31. The van der Waals surface area contributed by atoms with Gasteiger partial charge in [-0.15, -0.1) is 0 Å². The molecule has 0 saturated heterocycles. The lowest BCUT2D eigenvalue weighted by Gasteiger charge is -2.11. The van der Waals surface area contributed by atoms with Crippen LogP contribution in [0.3, 0.4) is 0 Å². The Labute approximate surface area is 104 Å². The first-order chi connectivity index (χ1) is 8.08. The lowest BCUT2D eigenvalue weighted by molar-refractivity contribution is 0.512. The van der Waals surface area contributed by atoms with Crippen molar-refractivity contribution in [2.45, 2.75) is 20.4 Å². The van der Waals surface area contributed by atoms with Gasteiger partial charge in [0.2, 0.25) is 0 Å². The van der Waals surface area contributed by atoms with Gasteiger partial charge in [0.1, 0.15) is 0 Å². The maximum atomic E-state index is 11.9. The standard InChI is InChI=1S/C12H15N3OS/c1-8(2)5-15-6-9(3-11(13)12(15)16)10-4-14-17-7-10/h3-4,6-8H,5,13H2,1-2H3. The number of pyridine rings is 1. The van der Waals surface area contributed by atoms with Crippen molar-refractivity contribution in [2.75, 3.05) is 5.73 Å². The Morgan fingerprint density at radius 3 is 2.82 bits per heavy atom. The van der Waals surface area contributed by atoms with E-state index in [1.807, 2.05) is 11.6 Å². The lowest BCUT2D eigenvalue weighted by atomic mass is 10.1. The van der Waals surface area contributed by atoms with E-state index in [0.717, 1.165) is 11.1 Å². The summed E-state index contributed by atoms with van der Waals surface area (Å²) in [7, 11) is 0. The van der Waals surface area contributed by atoms with E-state index in [9.17, 15) is 4.79 Å². The van der Waals surface area contributed by atoms with Gasteiger partial charge in [0.25, 0.3) is 5.56 Å². The number of nitrogen functional groups attached to an aromatic ring is 1. The zero-order chi connectivity index (χ0) is 12.4. The summed E-state index contributed by atoms with van der Waals surface area (Å²) in [4.78, 5) is 11.9. The minimum absolute atomic E-state index is 0.120. The molecule has 2 heterocycles. The van der Waals surface area contributed by atoms with Crippen LogP contribution >= 0.6 is 11.5 Å². The molecule has 0 saturated carbocycles. The average molecular weight is 249 g/mol. The molecule has 0 unspecified atom stereocenters. The fourth-order valence-electron chi connectivity index (χ4n) is 1.69. The molecule has 0 aliphatic rings. The SMILES string of the molecule is CC(C)Cn1cc(-c2cnsc2)cc(N)c1=O. The molecule has 0 fully saturated rings. The van der Waals surface area contributed by atoms with Gasteiger partial charge in [-0.25, -0.2) is 4.37 Å².